The van der Waals surface area contributed by atoms with Gasteiger partial charge in [0.05, 0.1) is 1.37 Å². The van der Waals surface area contributed by atoms with Crippen molar-refractivity contribution in [1.82, 2.24) is 0 Å². The van der Waals surface area contributed by atoms with Crippen LogP contribution in [0.4, 0.5) is 0 Å². The van der Waals surface area contributed by atoms with Crippen LogP contribution in [0.25, 0.3) is 0 Å². The van der Waals surface area contributed by atoms with E-state index >= 15 is 0 Å². The lowest BCUT2D eigenvalue weighted by Gasteiger charge is -2.03. The van der Waals surface area contributed by atoms with Crippen LogP contribution in [0.15, 0.2) is 4.99 Å². The third kappa shape index (κ3) is 8.90. The van der Waals surface area contributed by atoms with Crippen molar-refractivity contribution in [1.29, 1.82) is 0 Å². The normalized spacial score (nSPS) is 21.8. The Labute approximate surface area is 86.8 Å². The lowest BCUT2D eigenvalue weighted by molar-refractivity contribution is -0.138. The lowest BCUT2D eigenvalue weighted by atomic mass is 10.2. The molecule has 0 fully saturated rings. The molecule has 0 aromatic rings. The predicted octanol–water partition coefficient (Wildman–Crippen LogP) is -1.13. The third-order valence-electron chi connectivity index (χ3n) is 0.924. The Kier molecular flexibility index (Phi) is 5.04. The number of nitrogens with zero attached hydrogens (tertiary/aromatic N) is 1. The molecule has 0 radical (unpaired) electrons. The summed E-state index contributed by atoms with van der Waals surface area (Å²) in [4.78, 5) is 14.0. The van der Waals surface area contributed by atoms with Gasteiger partial charge in [-0.05, 0) is 12.8 Å². The van der Waals surface area contributed by atoms with Crippen molar-refractivity contribution in [2.24, 2.45) is 22.2 Å². The summed E-state index contributed by atoms with van der Waals surface area (Å²) < 4.78 is 21.8. The van der Waals surface area contributed by atoms with Gasteiger partial charge < -0.3 is 22.3 Å². The van der Waals surface area contributed by atoms with Crippen LogP contribution in [0.1, 0.15) is 16.9 Å². The highest BCUT2D eigenvalue weighted by molar-refractivity contribution is 5.85. The molecule has 0 bridgehead atoms. The minimum atomic E-state index is -2.54. The zero-order valence-electron chi connectivity index (χ0n) is 9.80. The van der Waals surface area contributed by atoms with E-state index in [4.69, 9.17) is 26.4 Å². The van der Waals surface area contributed by atoms with E-state index in [0.29, 0.717) is 0 Å². The average Bonchev–Trinajstić information content (AvgIpc) is 2.12. The topological polar surface area (TPSA) is 128 Å². The van der Waals surface area contributed by atoms with Crippen molar-refractivity contribution in [2.45, 2.75) is 18.8 Å². The minimum absolute atomic E-state index is 0. The summed E-state index contributed by atoms with van der Waals surface area (Å²) >= 11 is 0. The van der Waals surface area contributed by atoms with E-state index in [-0.39, 0.29) is 24.9 Å². The molecule has 3 atom stereocenters. The van der Waals surface area contributed by atoms with Gasteiger partial charge in [0.15, 0.2) is 5.96 Å². The highest BCUT2D eigenvalue weighted by Crippen LogP contribution is 1.94. The Morgan fingerprint density at radius 1 is 1.69 bits per heavy atom. The Balaban J connectivity index is 0. The Morgan fingerprint density at radius 2 is 2.23 bits per heavy atom. The third-order valence-corrected chi connectivity index (χ3v) is 0.924. The number of carboxylic acid groups (broad SMARTS) is 1. The number of guanidine groups is 1. The zero-order valence-corrected chi connectivity index (χ0v) is 7.62. The summed E-state index contributed by atoms with van der Waals surface area (Å²) in [6, 6.07) is -2.54. The highest BCUT2D eigenvalue weighted by Gasteiger charge is 2.09. The molecule has 0 aliphatic heterocycles. The van der Waals surface area contributed by atoms with Crippen molar-refractivity contribution >= 4 is 24.3 Å². The first kappa shape index (κ1) is 8.58. The van der Waals surface area contributed by atoms with Crippen molar-refractivity contribution in [2.75, 3.05) is 6.54 Å². The molecule has 2 unspecified atom stereocenters. The maximum Gasteiger partial charge on any atom is 0.320 e. The molecule has 78 valence electrons. The molecular weight excluding hydrogens is 196 g/mol. The van der Waals surface area contributed by atoms with Gasteiger partial charge in [0.25, 0.3) is 0 Å². The quantitative estimate of drug-likeness (QED) is 0.342. The molecule has 0 rings (SSSR count). The SMILES string of the molecule is Cl.[3H]C(CN=C(N)N)C([3H])[C@]([3H])(N)C(=O)O. The number of carboxylic acids is 1. The molecule has 7 heteroatoms. The van der Waals surface area contributed by atoms with E-state index in [1.165, 1.54) is 0 Å². The fourth-order valence-electron chi connectivity index (χ4n) is 0.409. The van der Waals surface area contributed by atoms with Gasteiger partial charge >= 0.3 is 5.97 Å². The number of aliphatic imine (C=N–C) groups is 1. The Morgan fingerprint density at radius 3 is 2.62 bits per heavy atom. The summed E-state index contributed by atoms with van der Waals surface area (Å²) in [5, 5.41) is 8.54. The van der Waals surface area contributed by atoms with Gasteiger partial charge in [-0.3, -0.25) is 9.79 Å². The molecule has 6 nitrogen and oxygen atoms in total. The lowest BCUT2D eigenvalue weighted by Crippen LogP contribution is -2.30. The Hall–Kier alpha value is -1.01. The number of halogens is 1. The van der Waals surface area contributed by atoms with Crippen LogP contribution < -0.4 is 17.2 Å². The molecule has 0 spiro atoms. The molecule has 7 N–H and O–H groups in total. The van der Waals surface area contributed by atoms with Crippen molar-refractivity contribution in [3.05, 3.63) is 0 Å². The van der Waals surface area contributed by atoms with Gasteiger partial charge in [0.1, 0.15) is 6.02 Å². The monoisotopic (exact) mass is 216 g/mol. The zero-order chi connectivity index (χ0) is 12.2. The van der Waals surface area contributed by atoms with E-state index < -0.39 is 24.8 Å². The second kappa shape index (κ2) is 7.63. The molecule has 0 aromatic carbocycles. The number of aliphatic carboxylic acids is 1. The molecule has 0 aliphatic rings. The number of carbonyl (C=O) groups is 1. The van der Waals surface area contributed by atoms with Crippen LogP contribution in [0, 0.1) is 0 Å². The summed E-state index contributed by atoms with van der Waals surface area (Å²) in [6.45, 7) is -0.262. The van der Waals surface area contributed by atoms with Gasteiger partial charge in [0, 0.05) is 9.29 Å². The minimum Gasteiger partial charge on any atom is -0.480 e. The van der Waals surface area contributed by atoms with E-state index in [1.54, 1.807) is 0 Å². The molecule has 0 amide bonds. The molecule has 0 aromatic heterocycles. The largest absolute Gasteiger partial charge is 0.480 e. The van der Waals surface area contributed by atoms with E-state index in [2.05, 4.69) is 4.99 Å². The molecule has 0 aliphatic carbocycles. The van der Waals surface area contributed by atoms with Gasteiger partial charge in [-0.15, -0.1) is 12.4 Å². The summed E-state index contributed by atoms with van der Waals surface area (Å²) in [7, 11) is 0. The fourth-order valence-corrected chi connectivity index (χ4v) is 0.409. The molecule has 0 saturated carbocycles. The van der Waals surface area contributed by atoms with Crippen molar-refractivity contribution in [3.8, 4) is 0 Å². The van der Waals surface area contributed by atoms with Crippen molar-refractivity contribution < 1.29 is 14.0 Å². The fraction of sp³-hybridized carbons (Fsp3) is 0.667. The standard InChI is InChI=1S/C6H14N4O2.ClH/c7-4(5(11)12)2-1-3-10-6(8)9;/h4H,1-3,7H2,(H,11,12)(H4,8,9,10);1H/t4-;/m0./s1/i1T,2T,4T;/t1?,2?,4-;. The summed E-state index contributed by atoms with van der Waals surface area (Å²) in [5.74, 6) is -1.92. The van der Waals surface area contributed by atoms with Crippen LogP contribution in [0.2, 0.25) is 0 Å². The maximum atomic E-state index is 10.5. The van der Waals surface area contributed by atoms with E-state index in [1.807, 2.05) is 0 Å². The van der Waals surface area contributed by atoms with Crippen molar-refractivity contribution in [3.63, 3.8) is 0 Å². The second-order valence-corrected chi connectivity index (χ2v) is 1.93. The number of nitrogens with two attached hydrogens (primary N) is 3. The summed E-state index contributed by atoms with van der Waals surface area (Å²) in [5.41, 5.74) is 15.1. The van der Waals surface area contributed by atoms with Crippen LogP contribution in [-0.4, -0.2) is 29.6 Å². The van der Waals surface area contributed by atoms with Gasteiger partial charge in [-0.25, -0.2) is 0 Å². The van der Waals surface area contributed by atoms with Crippen LogP contribution in [0.3, 0.4) is 0 Å². The average molecular weight is 217 g/mol. The number of hydrogen-bond acceptors (Lipinski definition) is 3. The van der Waals surface area contributed by atoms with E-state index in [9.17, 15) is 4.79 Å². The molecule has 0 saturated heterocycles. The van der Waals surface area contributed by atoms with E-state index in [0.717, 1.165) is 0 Å². The van der Waals surface area contributed by atoms with Crippen LogP contribution in [0.5, 0.6) is 0 Å². The smallest absolute Gasteiger partial charge is 0.320 e. The highest BCUT2D eigenvalue weighted by atomic mass is 35.5. The first-order valence-corrected chi connectivity index (χ1v) is 3.11. The van der Waals surface area contributed by atoms with Gasteiger partial charge in [-0.1, -0.05) is 0 Å². The van der Waals surface area contributed by atoms with Crippen LogP contribution in [-0.2, 0) is 4.79 Å². The Bertz CT molecular complexity index is 272. The first-order chi connectivity index (χ1) is 6.69. The predicted molar refractivity (Wildman–Crippen MR) is 52.8 cm³/mol. The summed E-state index contributed by atoms with van der Waals surface area (Å²) in [6.07, 6.45) is -2.91. The molecular formula is C6H15ClN4O2. The molecule has 0 heterocycles. The van der Waals surface area contributed by atoms with Gasteiger partial charge in [0.2, 0.25) is 0 Å². The van der Waals surface area contributed by atoms with Crippen LogP contribution >= 0.6 is 12.4 Å². The van der Waals surface area contributed by atoms with Gasteiger partial charge in [-0.2, -0.15) is 0 Å². The number of rotatable bonds is 5. The molecule has 13 heavy (non-hydrogen) atoms. The number of hydrogen-bond donors (Lipinski definition) is 4. The second-order valence-electron chi connectivity index (χ2n) is 1.93. The maximum absolute atomic E-state index is 10.5. The first-order valence-electron chi connectivity index (χ1n) is 4.77.